The van der Waals surface area contributed by atoms with Crippen LogP contribution in [0.3, 0.4) is 0 Å². The summed E-state index contributed by atoms with van der Waals surface area (Å²) >= 11 is 0. The van der Waals surface area contributed by atoms with Gasteiger partial charge in [-0.25, -0.2) is 6.08 Å². The molecule has 2 fully saturated rings. The van der Waals surface area contributed by atoms with Crippen LogP contribution in [0, 0.1) is 19.9 Å². The van der Waals surface area contributed by atoms with Gasteiger partial charge in [-0.2, -0.15) is 21.9 Å². The fourth-order valence-electron chi connectivity index (χ4n) is 6.90. The molecule has 4 aromatic carbocycles. The third-order valence-electron chi connectivity index (χ3n) is 9.44. The van der Waals surface area contributed by atoms with Crippen LogP contribution in [0.2, 0.25) is 0 Å². The normalized spacial score (nSPS) is 13.5. The van der Waals surface area contributed by atoms with Crippen LogP contribution in [-0.4, -0.2) is 16.1 Å². The van der Waals surface area contributed by atoms with E-state index in [-0.39, 0.29) is 26.2 Å². The number of rotatable bonds is 7. The second-order valence-corrected chi connectivity index (χ2v) is 13.1. The third-order valence-corrected chi connectivity index (χ3v) is 9.44. The zero-order valence-electron chi connectivity index (χ0n) is 30.2. The third kappa shape index (κ3) is 12.5. The summed E-state index contributed by atoms with van der Waals surface area (Å²) in [4.78, 5) is 8.59. The molecular weight excluding hydrogens is 671 g/mol. The minimum Gasteiger partial charge on any atom is -0.345 e. The zero-order valence-corrected chi connectivity index (χ0v) is 32.6. The van der Waals surface area contributed by atoms with Gasteiger partial charge in [0.05, 0.1) is 0 Å². The van der Waals surface area contributed by atoms with Gasteiger partial charge in [0.2, 0.25) is 0 Å². The van der Waals surface area contributed by atoms with E-state index in [9.17, 15) is 0 Å². The molecular formula is C45H55BN2Zr. The van der Waals surface area contributed by atoms with Gasteiger partial charge in [-0.05, 0) is 19.5 Å². The molecule has 0 amide bonds. The predicted octanol–water partition coefficient (Wildman–Crippen LogP) is 9.67. The maximum Gasteiger partial charge on any atom is 2.00 e. The summed E-state index contributed by atoms with van der Waals surface area (Å²) in [5.74, 6) is 0. The fraction of sp³-hybridized carbons (Fsp3) is 0.333. The van der Waals surface area contributed by atoms with Gasteiger partial charge in [-0.1, -0.05) is 205 Å². The Morgan fingerprint density at radius 2 is 0.878 bits per heavy atom. The van der Waals surface area contributed by atoms with Crippen molar-refractivity contribution in [2.24, 2.45) is 0 Å². The molecule has 5 aromatic rings. The monoisotopic (exact) mass is 724 g/mol. The number of unbranched alkanes of at least 4 members (excludes halogenated alkanes) is 1. The van der Waals surface area contributed by atoms with Crippen molar-refractivity contribution >= 4 is 34.1 Å². The molecule has 1 heterocycles. The maximum absolute atomic E-state index is 4.36. The fourth-order valence-corrected chi connectivity index (χ4v) is 6.90. The average molecular weight is 726 g/mol. The van der Waals surface area contributed by atoms with Crippen LogP contribution < -0.4 is 21.9 Å². The van der Waals surface area contributed by atoms with Crippen LogP contribution >= 0.6 is 0 Å². The first-order chi connectivity index (χ1) is 23.7. The minimum atomic E-state index is -1.22. The molecule has 0 atom stereocenters. The Morgan fingerprint density at radius 3 is 1.18 bits per heavy atom. The molecule has 0 aliphatic heterocycles. The Morgan fingerprint density at radius 1 is 0.551 bits per heavy atom. The Bertz CT molecular complexity index is 1390. The number of hydrogen-bond acceptors (Lipinski definition) is 2. The molecule has 2 nitrogen and oxygen atoms in total. The van der Waals surface area contributed by atoms with Gasteiger partial charge >= 0.3 is 26.2 Å². The van der Waals surface area contributed by atoms with E-state index in [0.717, 1.165) is 29.9 Å². The van der Waals surface area contributed by atoms with Gasteiger partial charge in [0.1, 0.15) is 6.15 Å². The smallest absolute Gasteiger partial charge is 0.345 e. The average Bonchev–Trinajstić information content (AvgIpc) is 3.94. The Hall–Kier alpha value is -3.35. The topological polar surface area (TPSA) is 25.8 Å². The van der Waals surface area contributed by atoms with Crippen molar-refractivity contribution in [3.63, 3.8) is 0 Å². The van der Waals surface area contributed by atoms with Gasteiger partial charge in [0.25, 0.3) is 0 Å². The van der Waals surface area contributed by atoms with E-state index >= 15 is 0 Å². The maximum atomic E-state index is 4.36. The minimum absolute atomic E-state index is 0. The van der Waals surface area contributed by atoms with Crippen LogP contribution in [0.5, 0.6) is 0 Å². The molecule has 0 saturated heterocycles. The van der Waals surface area contributed by atoms with Crippen LogP contribution in [0.25, 0.3) is 6.08 Å². The molecule has 0 bridgehead atoms. The summed E-state index contributed by atoms with van der Waals surface area (Å²) in [6.07, 6.45) is 22.8. The summed E-state index contributed by atoms with van der Waals surface area (Å²) < 4.78 is 0. The predicted molar refractivity (Wildman–Crippen MR) is 210 cm³/mol. The van der Waals surface area contributed by atoms with Gasteiger partial charge in [-0.15, -0.1) is 6.42 Å². The van der Waals surface area contributed by atoms with Crippen molar-refractivity contribution in [3.05, 3.63) is 151 Å². The molecule has 1 aromatic heterocycles. The Labute approximate surface area is 317 Å². The summed E-state index contributed by atoms with van der Waals surface area (Å²) in [6.45, 7) is 6.05. The van der Waals surface area contributed by atoms with Crippen molar-refractivity contribution in [2.75, 3.05) is 0 Å². The first-order valence-corrected chi connectivity index (χ1v) is 18.4. The van der Waals surface area contributed by atoms with Crippen LogP contribution in [0.15, 0.2) is 128 Å². The van der Waals surface area contributed by atoms with Crippen molar-refractivity contribution in [3.8, 4) is 0 Å². The molecule has 2 aliphatic carbocycles. The van der Waals surface area contributed by atoms with Crippen LogP contribution in [0.1, 0.15) is 101 Å². The Kier molecular flexibility index (Phi) is 18.9. The van der Waals surface area contributed by atoms with Gasteiger partial charge < -0.3 is 4.98 Å². The molecule has 252 valence electrons. The van der Waals surface area contributed by atoms with Crippen LogP contribution in [0.4, 0.5) is 0 Å². The van der Waals surface area contributed by atoms with Crippen molar-refractivity contribution in [2.45, 2.75) is 97.8 Å². The second kappa shape index (κ2) is 23.1. The molecule has 2 aliphatic rings. The molecule has 0 unspecified atom stereocenters. The van der Waals surface area contributed by atoms with Crippen molar-refractivity contribution < 1.29 is 26.2 Å². The van der Waals surface area contributed by atoms with E-state index < -0.39 is 6.15 Å². The van der Waals surface area contributed by atoms with Gasteiger partial charge in [-0.3, -0.25) is 11.1 Å². The number of nitrogens with zero attached hydrogens (tertiary/aromatic N) is 2. The zero-order chi connectivity index (χ0) is 33.7. The SMILES string of the molecule is C1CCCC1.C1CCCC1.CCC[C-]=Cc1nc(C)cnc1C.[Zr+2].c1ccc([B-](c2ccccc2)(c2ccccc2)c2ccccc2)cc1. The van der Waals surface area contributed by atoms with E-state index in [1.165, 1.54) is 86.1 Å². The van der Waals surface area contributed by atoms with E-state index in [2.05, 4.69) is 144 Å². The van der Waals surface area contributed by atoms with Gasteiger partial charge in [0.15, 0.2) is 0 Å². The van der Waals surface area contributed by atoms with E-state index in [0.29, 0.717) is 0 Å². The molecule has 7 rings (SSSR count). The molecule has 0 spiro atoms. The van der Waals surface area contributed by atoms with E-state index in [4.69, 9.17) is 0 Å². The Balaban J connectivity index is 0.000000224. The molecule has 0 N–H and O–H groups in total. The van der Waals surface area contributed by atoms with Crippen molar-refractivity contribution in [1.82, 2.24) is 9.97 Å². The molecule has 2 saturated carbocycles. The largest absolute Gasteiger partial charge is 2.00 e. The van der Waals surface area contributed by atoms with E-state index in [1.807, 2.05) is 19.9 Å². The summed E-state index contributed by atoms with van der Waals surface area (Å²) in [6, 6.07) is 43.5. The van der Waals surface area contributed by atoms with Crippen LogP contribution in [-0.2, 0) is 26.2 Å². The first kappa shape index (κ1) is 40.1. The summed E-state index contributed by atoms with van der Waals surface area (Å²) in [5, 5.41) is 0. The van der Waals surface area contributed by atoms with Gasteiger partial charge in [0, 0.05) is 11.9 Å². The standard InChI is InChI=1S/C24H20B.C11H15N2.2C5H10.Zr/c1-5-13-21(14-6-1)25(22-15-7-2-8-16-22,23-17-9-3-10-18-23)24-19-11-4-12-20-24;1-4-5-6-7-11-10(3)12-8-9(2)13-11;2*1-2-4-5-3-1;/h1-20H;7-8H,4-5H2,1-3H3;2*1-5H2;/q2*-1;;;+2. The number of aryl methyl sites for hydroxylation is 2. The molecule has 4 heteroatoms. The van der Waals surface area contributed by atoms with E-state index in [1.54, 1.807) is 6.20 Å². The second-order valence-electron chi connectivity index (χ2n) is 13.1. The number of aromatic nitrogens is 2. The molecule has 0 radical (unpaired) electrons. The molecule has 49 heavy (non-hydrogen) atoms. The summed E-state index contributed by atoms with van der Waals surface area (Å²) in [5.41, 5.74) is 8.22. The quantitative estimate of drug-likeness (QED) is 0.123. The first-order valence-electron chi connectivity index (χ1n) is 18.4. The summed E-state index contributed by atoms with van der Waals surface area (Å²) in [7, 11) is 0. The van der Waals surface area contributed by atoms with Crippen molar-refractivity contribution in [1.29, 1.82) is 0 Å². The number of hydrogen-bond donors (Lipinski definition) is 0. The number of benzene rings is 4. The number of allylic oxidation sites excluding steroid dienone is 1.